The second-order valence-corrected chi connectivity index (χ2v) is 6.30. The molecule has 0 unspecified atom stereocenters. The van der Waals surface area contributed by atoms with E-state index in [1.54, 1.807) is 37.6 Å². The van der Waals surface area contributed by atoms with Crippen LogP contribution in [0.25, 0.3) is 10.8 Å². The summed E-state index contributed by atoms with van der Waals surface area (Å²) in [5.74, 6) is 0.489. The Morgan fingerprint density at radius 3 is 2.52 bits per heavy atom. The van der Waals surface area contributed by atoms with Crippen LogP contribution in [0.3, 0.4) is 0 Å². The van der Waals surface area contributed by atoms with Crippen LogP contribution >= 0.6 is 0 Å². The highest BCUT2D eigenvalue weighted by atomic mass is 16.2. The molecule has 2 aromatic heterocycles. The Morgan fingerprint density at radius 2 is 1.84 bits per heavy atom. The minimum atomic E-state index is -0.463. The maximum absolute atomic E-state index is 12.6. The predicted octanol–water partition coefficient (Wildman–Crippen LogP) is 1.07. The number of hydrogen-bond acceptors (Lipinski definition) is 5. The van der Waals surface area contributed by atoms with Crippen molar-refractivity contribution in [2.24, 2.45) is 7.05 Å². The van der Waals surface area contributed by atoms with Gasteiger partial charge in [0.05, 0.1) is 23.0 Å². The van der Waals surface area contributed by atoms with Crippen LogP contribution in [0.5, 0.6) is 0 Å². The van der Waals surface area contributed by atoms with Crippen LogP contribution in [-0.4, -0.2) is 25.7 Å². The molecule has 0 bridgehead atoms. The molecule has 2 heterocycles. The maximum atomic E-state index is 12.6. The molecule has 0 saturated heterocycles. The number of carbonyl (C=O) groups excluding carboxylic acids is 1. The lowest BCUT2D eigenvalue weighted by Crippen LogP contribution is -2.37. The Labute approximate surface area is 143 Å². The van der Waals surface area contributed by atoms with Gasteiger partial charge in [-0.1, -0.05) is 18.2 Å². The maximum Gasteiger partial charge on any atom is 0.274 e. The summed E-state index contributed by atoms with van der Waals surface area (Å²) in [4.78, 5) is 33.3. The summed E-state index contributed by atoms with van der Waals surface area (Å²) in [6.45, 7) is 0. The second-order valence-electron chi connectivity index (χ2n) is 6.30. The molecule has 0 aliphatic heterocycles. The van der Waals surface area contributed by atoms with Gasteiger partial charge < -0.3 is 5.32 Å². The lowest BCUT2D eigenvalue weighted by molar-refractivity contribution is -0.121. The molecular formula is C18H17N5O2. The van der Waals surface area contributed by atoms with Crippen LogP contribution in [0.2, 0.25) is 0 Å². The number of nitrogens with zero attached hydrogens (tertiary/aromatic N) is 4. The quantitative estimate of drug-likeness (QED) is 0.770. The molecule has 25 heavy (non-hydrogen) atoms. The monoisotopic (exact) mass is 335 g/mol. The largest absolute Gasteiger partial charge is 0.343 e. The highest BCUT2D eigenvalue weighted by Crippen LogP contribution is 2.43. The van der Waals surface area contributed by atoms with E-state index in [1.165, 1.54) is 4.68 Å². The Kier molecular flexibility index (Phi) is 3.56. The van der Waals surface area contributed by atoms with Crippen molar-refractivity contribution in [1.29, 1.82) is 0 Å². The van der Waals surface area contributed by atoms with Gasteiger partial charge in [-0.15, -0.1) is 0 Å². The summed E-state index contributed by atoms with van der Waals surface area (Å²) in [6, 6.07) is 8.97. The van der Waals surface area contributed by atoms with Crippen LogP contribution in [0.1, 0.15) is 24.4 Å². The first-order chi connectivity index (χ1) is 12.1. The van der Waals surface area contributed by atoms with E-state index < -0.39 is 5.54 Å². The first kappa shape index (κ1) is 15.4. The smallest absolute Gasteiger partial charge is 0.274 e. The van der Waals surface area contributed by atoms with Crippen molar-refractivity contribution in [3.63, 3.8) is 0 Å². The average molecular weight is 335 g/mol. The van der Waals surface area contributed by atoms with Gasteiger partial charge in [0.2, 0.25) is 5.91 Å². The summed E-state index contributed by atoms with van der Waals surface area (Å²) < 4.78 is 1.28. The first-order valence-electron chi connectivity index (χ1n) is 8.12. The van der Waals surface area contributed by atoms with Crippen LogP contribution < -0.4 is 10.9 Å². The average Bonchev–Trinajstić information content (AvgIpc) is 3.41. The summed E-state index contributed by atoms with van der Waals surface area (Å²) in [7, 11) is 1.59. The van der Waals surface area contributed by atoms with Crippen molar-refractivity contribution in [3.05, 3.63) is 64.6 Å². The zero-order chi connectivity index (χ0) is 17.4. The number of amides is 1. The molecule has 1 aromatic carbocycles. The third kappa shape index (κ3) is 2.77. The van der Waals surface area contributed by atoms with E-state index in [0.29, 0.717) is 22.3 Å². The third-order valence-corrected chi connectivity index (χ3v) is 4.48. The lowest BCUT2D eigenvalue weighted by Gasteiger charge is -2.16. The van der Waals surface area contributed by atoms with Gasteiger partial charge in [-0.25, -0.2) is 14.6 Å². The third-order valence-electron chi connectivity index (χ3n) is 4.48. The molecule has 7 nitrogen and oxygen atoms in total. The van der Waals surface area contributed by atoms with Gasteiger partial charge in [-0.05, 0) is 25.0 Å². The Morgan fingerprint density at radius 1 is 1.16 bits per heavy atom. The molecule has 1 N–H and O–H groups in total. The fourth-order valence-corrected chi connectivity index (χ4v) is 3.05. The van der Waals surface area contributed by atoms with Gasteiger partial charge in [0.1, 0.15) is 0 Å². The number of fused-ring (bicyclic) bond motifs is 1. The highest BCUT2D eigenvalue weighted by molar-refractivity contribution is 5.88. The van der Waals surface area contributed by atoms with Crippen molar-refractivity contribution in [3.8, 4) is 0 Å². The van der Waals surface area contributed by atoms with E-state index in [2.05, 4.69) is 20.4 Å². The van der Waals surface area contributed by atoms with Gasteiger partial charge in [0, 0.05) is 24.8 Å². The zero-order valence-electron chi connectivity index (χ0n) is 13.8. The standard InChI is InChI=1S/C18H17N5O2/c1-23-16(25)13-6-3-2-5-12(13)14(22-23)11-15(24)21-18(7-8-18)17-19-9-4-10-20-17/h2-6,9-10H,7-8,11H2,1H3,(H,21,24). The van der Waals surface area contributed by atoms with Gasteiger partial charge in [0.15, 0.2) is 5.82 Å². The molecule has 0 radical (unpaired) electrons. The van der Waals surface area contributed by atoms with Crippen molar-refractivity contribution < 1.29 is 4.79 Å². The van der Waals surface area contributed by atoms with E-state index in [-0.39, 0.29) is 17.9 Å². The van der Waals surface area contributed by atoms with Crippen molar-refractivity contribution in [2.45, 2.75) is 24.8 Å². The molecule has 0 atom stereocenters. The Bertz CT molecular complexity index is 1010. The number of benzene rings is 1. The number of carbonyl (C=O) groups is 1. The van der Waals surface area contributed by atoms with Gasteiger partial charge in [-0.3, -0.25) is 9.59 Å². The van der Waals surface area contributed by atoms with Crippen LogP contribution in [0, 0.1) is 0 Å². The summed E-state index contributed by atoms with van der Waals surface area (Å²) >= 11 is 0. The lowest BCUT2D eigenvalue weighted by atomic mass is 10.1. The highest BCUT2D eigenvalue weighted by Gasteiger charge is 2.48. The summed E-state index contributed by atoms with van der Waals surface area (Å²) in [5, 5.41) is 8.59. The molecule has 1 aliphatic carbocycles. The molecule has 1 fully saturated rings. The molecular weight excluding hydrogens is 318 g/mol. The van der Waals surface area contributed by atoms with E-state index in [1.807, 2.05) is 12.1 Å². The minimum absolute atomic E-state index is 0.100. The molecule has 126 valence electrons. The van der Waals surface area contributed by atoms with Crippen LogP contribution in [-0.2, 0) is 23.8 Å². The molecule has 1 aliphatic rings. The Balaban J connectivity index is 1.61. The van der Waals surface area contributed by atoms with Crippen LogP contribution in [0.15, 0.2) is 47.5 Å². The second kappa shape index (κ2) is 5.77. The van der Waals surface area contributed by atoms with Gasteiger partial charge in [0.25, 0.3) is 5.56 Å². The van der Waals surface area contributed by atoms with E-state index in [0.717, 1.165) is 12.8 Å². The summed E-state index contributed by atoms with van der Waals surface area (Å²) in [6.07, 6.45) is 5.10. The van der Waals surface area contributed by atoms with E-state index >= 15 is 0 Å². The number of hydrogen-bond donors (Lipinski definition) is 1. The number of nitrogens with one attached hydrogen (secondary N) is 1. The van der Waals surface area contributed by atoms with Gasteiger partial charge >= 0.3 is 0 Å². The summed E-state index contributed by atoms with van der Waals surface area (Å²) in [5.41, 5.74) is -0.0504. The number of rotatable bonds is 4. The van der Waals surface area contributed by atoms with Crippen molar-refractivity contribution in [2.75, 3.05) is 0 Å². The predicted molar refractivity (Wildman–Crippen MR) is 91.8 cm³/mol. The molecule has 3 aromatic rings. The fraction of sp³-hybridized carbons (Fsp3) is 0.278. The first-order valence-corrected chi connectivity index (χ1v) is 8.12. The number of aryl methyl sites for hydroxylation is 1. The van der Waals surface area contributed by atoms with E-state index in [4.69, 9.17) is 0 Å². The molecule has 7 heteroatoms. The van der Waals surface area contributed by atoms with Crippen LogP contribution in [0.4, 0.5) is 0 Å². The van der Waals surface area contributed by atoms with Crippen molar-refractivity contribution in [1.82, 2.24) is 25.1 Å². The molecule has 1 saturated carbocycles. The van der Waals surface area contributed by atoms with Gasteiger partial charge in [-0.2, -0.15) is 5.10 Å². The minimum Gasteiger partial charge on any atom is -0.343 e. The zero-order valence-corrected chi connectivity index (χ0v) is 13.8. The number of aromatic nitrogens is 4. The molecule has 0 spiro atoms. The normalized spacial score (nSPS) is 15.1. The van der Waals surface area contributed by atoms with Crippen molar-refractivity contribution >= 4 is 16.7 Å². The molecule has 1 amide bonds. The molecule has 4 rings (SSSR count). The Hall–Kier alpha value is -3.09. The topological polar surface area (TPSA) is 89.8 Å². The van der Waals surface area contributed by atoms with E-state index in [9.17, 15) is 9.59 Å². The SMILES string of the molecule is Cn1nc(CC(=O)NC2(c3ncccn3)CC2)c2ccccc2c1=O. The fourth-order valence-electron chi connectivity index (χ4n) is 3.05.